The number of carbonyl (C=O) groups excluding carboxylic acids is 1. The van der Waals surface area contributed by atoms with Gasteiger partial charge >= 0.3 is 0 Å². The van der Waals surface area contributed by atoms with Gasteiger partial charge in [0.15, 0.2) is 0 Å². The normalized spacial score (nSPS) is 10.7. The molecule has 5 nitrogen and oxygen atoms in total. The summed E-state index contributed by atoms with van der Waals surface area (Å²) < 4.78 is 0.693. The number of carbonyl (C=O) groups is 1. The summed E-state index contributed by atoms with van der Waals surface area (Å²) >= 11 is 2.00. The Kier molecular flexibility index (Phi) is 4.57. The van der Waals surface area contributed by atoms with Crippen LogP contribution >= 0.6 is 22.6 Å². The second-order valence-electron chi connectivity index (χ2n) is 3.93. The van der Waals surface area contributed by atoms with Crippen LogP contribution in [0.25, 0.3) is 0 Å². The predicted molar refractivity (Wildman–Crippen MR) is 84.0 cm³/mol. The van der Waals surface area contributed by atoms with Gasteiger partial charge in [0.2, 0.25) is 0 Å². The van der Waals surface area contributed by atoms with Crippen molar-refractivity contribution in [2.45, 2.75) is 0 Å². The Morgan fingerprint density at radius 2 is 1.90 bits per heavy atom. The Hall–Kier alpha value is -2.09. The van der Waals surface area contributed by atoms with Crippen LogP contribution in [0.5, 0.6) is 11.5 Å². The second kappa shape index (κ2) is 6.38. The van der Waals surface area contributed by atoms with Crippen molar-refractivity contribution in [1.82, 2.24) is 5.43 Å². The first kappa shape index (κ1) is 14.3. The lowest BCUT2D eigenvalue weighted by Gasteiger charge is -2.02. The highest BCUT2D eigenvalue weighted by molar-refractivity contribution is 14.1. The van der Waals surface area contributed by atoms with Crippen molar-refractivity contribution >= 4 is 34.7 Å². The number of hydrogen-bond acceptors (Lipinski definition) is 4. The zero-order chi connectivity index (χ0) is 14.5. The number of hydrazone groups is 1. The van der Waals surface area contributed by atoms with E-state index in [2.05, 4.69) is 10.5 Å². The summed E-state index contributed by atoms with van der Waals surface area (Å²) in [6.07, 6.45) is 1.46. The van der Waals surface area contributed by atoms with Gasteiger partial charge < -0.3 is 10.2 Å². The summed E-state index contributed by atoms with van der Waals surface area (Å²) in [5.41, 5.74) is 3.23. The molecule has 0 bridgehead atoms. The highest BCUT2D eigenvalue weighted by Crippen LogP contribution is 2.19. The minimum absolute atomic E-state index is 0.0978. The molecule has 0 fully saturated rings. The van der Waals surface area contributed by atoms with Crippen molar-refractivity contribution in [1.29, 1.82) is 0 Å². The number of phenols is 2. The fraction of sp³-hybridized carbons (Fsp3) is 0. The molecule has 0 aliphatic carbocycles. The SMILES string of the molecule is O=C(NN=Cc1ccc(O)c(I)c1)c1ccccc1O. The number of amides is 1. The number of phenolic OH excluding ortho intramolecular Hbond substituents is 2. The zero-order valence-corrected chi connectivity index (χ0v) is 12.4. The van der Waals surface area contributed by atoms with E-state index in [0.29, 0.717) is 3.57 Å². The smallest absolute Gasteiger partial charge is 0.275 e. The number of nitrogens with zero attached hydrogens (tertiary/aromatic N) is 1. The quantitative estimate of drug-likeness (QED) is 0.434. The van der Waals surface area contributed by atoms with E-state index < -0.39 is 5.91 Å². The Bertz CT molecular complexity index is 671. The first-order chi connectivity index (χ1) is 9.58. The lowest BCUT2D eigenvalue weighted by molar-refractivity contribution is 0.0952. The van der Waals surface area contributed by atoms with Crippen LogP contribution in [0.4, 0.5) is 0 Å². The highest BCUT2D eigenvalue weighted by atomic mass is 127. The Labute approximate surface area is 129 Å². The second-order valence-corrected chi connectivity index (χ2v) is 5.09. The monoisotopic (exact) mass is 382 g/mol. The molecule has 0 unspecified atom stereocenters. The van der Waals surface area contributed by atoms with Gasteiger partial charge in [-0.1, -0.05) is 12.1 Å². The predicted octanol–water partition coefficient (Wildman–Crippen LogP) is 2.47. The maximum absolute atomic E-state index is 11.8. The Balaban J connectivity index is 2.05. The van der Waals surface area contributed by atoms with Gasteiger partial charge in [-0.15, -0.1) is 0 Å². The van der Waals surface area contributed by atoms with Crippen LogP contribution < -0.4 is 5.43 Å². The average molecular weight is 382 g/mol. The fourth-order valence-corrected chi connectivity index (χ4v) is 2.03. The number of hydrogen-bond donors (Lipinski definition) is 3. The number of para-hydroxylation sites is 1. The Morgan fingerprint density at radius 1 is 1.15 bits per heavy atom. The molecule has 0 aromatic heterocycles. The van der Waals surface area contributed by atoms with E-state index >= 15 is 0 Å². The first-order valence-electron chi connectivity index (χ1n) is 5.68. The maximum Gasteiger partial charge on any atom is 0.275 e. The van der Waals surface area contributed by atoms with Crippen molar-refractivity contribution in [2.24, 2.45) is 5.10 Å². The van der Waals surface area contributed by atoms with Gasteiger partial charge in [-0.3, -0.25) is 4.79 Å². The van der Waals surface area contributed by atoms with Gasteiger partial charge in [0.05, 0.1) is 15.3 Å². The van der Waals surface area contributed by atoms with E-state index in [4.69, 9.17) is 0 Å². The molecule has 2 rings (SSSR count). The van der Waals surface area contributed by atoms with Crippen LogP contribution in [0.1, 0.15) is 15.9 Å². The molecule has 20 heavy (non-hydrogen) atoms. The number of benzene rings is 2. The molecule has 0 saturated heterocycles. The highest BCUT2D eigenvalue weighted by Gasteiger charge is 2.08. The van der Waals surface area contributed by atoms with Crippen LogP contribution in [0.2, 0.25) is 0 Å². The van der Waals surface area contributed by atoms with Gasteiger partial charge in [0.25, 0.3) is 5.91 Å². The standard InChI is InChI=1S/C14H11IN2O3/c15-11-7-9(5-6-13(11)19)8-16-17-14(20)10-3-1-2-4-12(10)18/h1-8,18-19H,(H,17,20). The summed E-state index contributed by atoms with van der Waals surface area (Å²) in [6, 6.07) is 11.2. The molecule has 0 atom stereocenters. The van der Waals surface area contributed by atoms with Crippen molar-refractivity contribution in [3.63, 3.8) is 0 Å². The third kappa shape index (κ3) is 3.47. The number of halogens is 1. The van der Waals surface area contributed by atoms with E-state index in [-0.39, 0.29) is 17.1 Å². The minimum Gasteiger partial charge on any atom is -0.507 e. The summed E-state index contributed by atoms with van der Waals surface area (Å²) in [4.78, 5) is 11.8. The van der Waals surface area contributed by atoms with Gasteiger partial charge in [0.1, 0.15) is 11.5 Å². The minimum atomic E-state index is -0.493. The van der Waals surface area contributed by atoms with E-state index in [9.17, 15) is 15.0 Å². The van der Waals surface area contributed by atoms with E-state index in [1.807, 2.05) is 22.6 Å². The van der Waals surface area contributed by atoms with Crippen molar-refractivity contribution in [2.75, 3.05) is 0 Å². The average Bonchev–Trinajstić information content (AvgIpc) is 2.43. The number of rotatable bonds is 3. The lowest BCUT2D eigenvalue weighted by Crippen LogP contribution is -2.17. The third-order valence-electron chi connectivity index (χ3n) is 2.50. The molecule has 3 N–H and O–H groups in total. The van der Waals surface area contributed by atoms with Gasteiger partial charge in [-0.2, -0.15) is 5.10 Å². The van der Waals surface area contributed by atoms with Crippen molar-refractivity contribution < 1.29 is 15.0 Å². The van der Waals surface area contributed by atoms with E-state index in [1.54, 1.807) is 30.3 Å². The largest absolute Gasteiger partial charge is 0.507 e. The summed E-state index contributed by atoms with van der Waals surface area (Å²) in [6.45, 7) is 0. The zero-order valence-electron chi connectivity index (χ0n) is 10.2. The molecule has 0 spiro atoms. The molecule has 1 amide bonds. The summed E-state index contributed by atoms with van der Waals surface area (Å²) in [5.74, 6) is -0.395. The van der Waals surface area contributed by atoms with Gasteiger partial charge in [-0.25, -0.2) is 5.43 Å². The molecule has 0 radical (unpaired) electrons. The molecule has 102 valence electrons. The molecular formula is C14H11IN2O3. The van der Waals surface area contributed by atoms with Crippen LogP contribution in [-0.2, 0) is 0 Å². The first-order valence-corrected chi connectivity index (χ1v) is 6.75. The molecule has 2 aromatic carbocycles. The van der Waals surface area contributed by atoms with E-state index in [0.717, 1.165) is 5.56 Å². The van der Waals surface area contributed by atoms with Crippen LogP contribution in [0.3, 0.4) is 0 Å². The molecule has 0 aliphatic rings. The third-order valence-corrected chi connectivity index (χ3v) is 3.36. The summed E-state index contributed by atoms with van der Waals surface area (Å²) in [7, 11) is 0. The van der Waals surface area contributed by atoms with Crippen molar-refractivity contribution in [3.05, 3.63) is 57.2 Å². The molecule has 6 heteroatoms. The van der Waals surface area contributed by atoms with E-state index in [1.165, 1.54) is 18.3 Å². The van der Waals surface area contributed by atoms with Gasteiger partial charge in [-0.05, 0) is 58.5 Å². The topological polar surface area (TPSA) is 81.9 Å². The van der Waals surface area contributed by atoms with Crippen molar-refractivity contribution in [3.8, 4) is 11.5 Å². The maximum atomic E-state index is 11.8. The van der Waals surface area contributed by atoms with Crippen LogP contribution in [0.15, 0.2) is 47.6 Å². The Morgan fingerprint density at radius 3 is 2.60 bits per heavy atom. The fourth-order valence-electron chi connectivity index (χ4n) is 1.49. The van der Waals surface area contributed by atoms with Gasteiger partial charge in [0, 0.05) is 0 Å². The van der Waals surface area contributed by atoms with Crippen LogP contribution in [0, 0.1) is 3.57 Å². The molecule has 2 aromatic rings. The molecule has 0 aliphatic heterocycles. The lowest BCUT2D eigenvalue weighted by atomic mass is 10.2. The molecule has 0 saturated carbocycles. The van der Waals surface area contributed by atoms with Crippen LogP contribution in [-0.4, -0.2) is 22.3 Å². The number of aromatic hydroxyl groups is 2. The molecule has 0 heterocycles. The number of nitrogens with one attached hydrogen (secondary N) is 1. The summed E-state index contributed by atoms with van der Waals surface area (Å²) in [5, 5.41) is 22.7. The molecular weight excluding hydrogens is 371 g/mol.